The molecule has 122 valence electrons. The van der Waals surface area contributed by atoms with Crippen LogP contribution in [0.3, 0.4) is 0 Å². The van der Waals surface area contributed by atoms with Crippen molar-refractivity contribution in [2.75, 3.05) is 24.5 Å². The predicted molar refractivity (Wildman–Crippen MR) is 103 cm³/mol. The van der Waals surface area contributed by atoms with Gasteiger partial charge in [0.05, 0.1) is 5.52 Å². The Morgan fingerprint density at radius 1 is 1.26 bits per heavy atom. The molecule has 2 aromatic rings. The van der Waals surface area contributed by atoms with Gasteiger partial charge >= 0.3 is 0 Å². The lowest BCUT2D eigenvalue weighted by molar-refractivity contribution is 0.876. The summed E-state index contributed by atoms with van der Waals surface area (Å²) in [7, 11) is 0. The third-order valence-corrected chi connectivity index (χ3v) is 4.91. The van der Waals surface area contributed by atoms with Crippen LogP contribution in [-0.4, -0.2) is 29.5 Å². The van der Waals surface area contributed by atoms with Crippen molar-refractivity contribution >= 4 is 33.8 Å². The number of benzene rings is 1. The van der Waals surface area contributed by atoms with Gasteiger partial charge in [0.25, 0.3) is 0 Å². The molecular weight excluding hydrogens is 302 g/mol. The van der Waals surface area contributed by atoms with Crippen LogP contribution >= 0.6 is 12.2 Å². The quantitative estimate of drug-likeness (QED) is 0.820. The van der Waals surface area contributed by atoms with Crippen molar-refractivity contribution in [3.63, 3.8) is 0 Å². The fourth-order valence-corrected chi connectivity index (χ4v) is 3.57. The van der Waals surface area contributed by atoms with Crippen LogP contribution in [0, 0.1) is 6.92 Å². The second-order valence-electron chi connectivity index (χ2n) is 6.45. The van der Waals surface area contributed by atoms with Crippen molar-refractivity contribution in [1.82, 2.24) is 4.98 Å². The highest BCUT2D eigenvalue weighted by Crippen LogP contribution is 2.26. The standard InChI is InChI=1S/C19H25N3S/c1-14-11-19(22-9-2-3-10-22)21-18-7-6-15(13-17(14)18)12-16(23)5-4-8-20/h6-7,11,13H,2-5,8-10,12,20H2,1H3. The van der Waals surface area contributed by atoms with Crippen LogP contribution in [0.15, 0.2) is 24.3 Å². The number of nitrogens with two attached hydrogens (primary N) is 1. The molecule has 0 spiro atoms. The fraction of sp³-hybridized carbons (Fsp3) is 0.474. The molecule has 2 heterocycles. The highest BCUT2D eigenvalue weighted by Gasteiger charge is 2.15. The van der Waals surface area contributed by atoms with E-state index in [4.69, 9.17) is 22.9 Å². The number of anilines is 1. The molecule has 1 aliphatic rings. The normalized spacial score (nSPS) is 14.6. The maximum atomic E-state index is 5.56. The van der Waals surface area contributed by atoms with Crippen molar-refractivity contribution in [1.29, 1.82) is 0 Å². The van der Waals surface area contributed by atoms with Crippen LogP contribution in [0.5, 0.6) is 0 Å². The van der Waals surface area contributed by atoms with Crippen molar-refractivity contribution in [3.8, 4) is 0 Å². The van der Waals surface area contributed by atoms with Gasteiger partial charge in [-0.3, -0.25) is 0 Å². The molecule has 3 rings (SSSR count). The van der Waals surface area contributed by atoms with E-state index < -0.39 is 0 Å². The van der Waals surface area contributed by atoms with Crippen molar-refractivity contribution in [2.24, 2.45) is 5.73 Å². The van der Waals surface area contributed by atoms with Gasteiger partial charge in [-0.1, -0.05) is 18.3 Å². The smallest absolute Gasteiger partial charge is 0.129 e. The van der Waals surface area contributed by atoms with E-state index in [1.807, 2.05) is 0 Å². The summed E-state index contributed by atoms with van der Waals surface area (Å²) in [4.78, 5) is 8.35. The second kappa shape index (κ2) is 7.37. The summed E-state index contributed by atoms with van der Waals surface area (Å²) < 4.78 is 0. The molecule has 1 aromatic heterocycles. The average Bonchev–Trinajstić information content (AvgIpc) is 3.08. The molecule has 1 saturated heterocycles. The van der Waals surface area contributed by atoms with E-state index in [1.165, 1.54) is 29.4 Å². The summed E-state index contributed by atoms with van der Waals surface area (Å²) in [6.07, 6.45) is 5.33. The topological polar surface area (TPSA) is 42.2 Å². The average molecular weight is 327 g/mol. The number of nitrogens with zero attached hydrogens (tertiary/aromatic N) is 2. The number of thiocarbonyl (C=S) groups is 1. The van der Waals surface area contributed by atoms with Crippen molar-refractivity contribution in [2.45, 2.75) is 39.0 Å². The Labute approximate surface area is 143 Å². The van der Waals surface area contributed by atoms with E-state index in [0.717, 1.165) is 48.6 Å². The van der Waals surface area contributed by atoms with Gasteiger partial charge in [-0.05, 0) is 73.3 Å². The lowest BCUT2D eigenvalue weighted by Gasteiger charge is -2.18. The number of pyridine rings is 1. The van der Waals surface area contributed by atoms with E-state index in [2.05, 4.69) is 36.1 Å². The van der Waals surface area contributed by atoms with Crippen LogP contribution in [0.1, 0.15) is 36.8 Å². The maximum Gasteiger partial charge on any atom is 0.129 e. The zero-order chi connectivity index (χ0) is 16.2. The molecule has 4 heteroatoms. The van der Waals surface area contributed by atoms with Gasteiger partial charge in [0, 0.05) is 24.9 Å². The lowest BCUT2D eigenvalue weighted by atomic mass is 10.0. The predicted octanol–water partition coefficient (Wildman–Crippen LogP) is 3.79. The number of hydrogen-bond donors (Lipinski definition) is 1. The van der Waals surface area contributed by atoms with Gasteiger partial charge < -0.3 is 10.6 Å². The minimum absolute atomic E-state index is 0.708. The summed E-state index contributed by atoms with van der Waals surface area (Å²) in [5.41, 5.74) is 9.22. The summed E-state index contributed by atoms with van der Waals surface area (Å²) in [6, 6.07) is 8.78. The Kier molecular flexibility index (Phi) is 5.23. The lowest BCUT2D eigenvalue weighted by Crippen LogP contribution is -2.19. The van der Waals surface area contributed by atoms with Gasteiger partial charge in [-0.2, -0.15) is 0 Å². The largest absolute Gasteiger partial charge is 0.357 e. The number of rotatable bonds is 6. The Balaban J connectivity index is 1.83. The molecule has 0 saturated carbocycles. The van der Waals surface area contributed by atoms with E-state index in [9.17, 15) is 0 Å². The Morgan fingerprint density at radius 3 is 2.78 bits per heavy atom. The van der Waals surface area contributed by atoms with E-state index in [0.29, 0.717) is 6.54 Å². The number of hydrogen-bond acceptors (Lipinski definition) is 4. The van der Waals surface area contributed by atoms with E-state index in [-0.39, 0.29) is 0 Å². The molecule has 1 aliphatic heterocycles. The number of fused-ring (bicyclic) bond motifs is 1. The van der Waals surface area contributed by atoms with E-state index >= 15 is 0 Å². The van der Waals surface area contributed by atoms with Crippen LogP contribution < -0.4 is 10.6 Å². The summed E-state index contributed by atoms with van der Waals surface area (Å²) in [5.74, 6) is 1.12. The summed E-state index contributed by atoms with van der Waals surface area (Å²) >= 11 is 5.47. The first kappa shape index (κ1) is 16.3. The summed E-state index contributed by atoms with van der Waals surface area (Å²) in [5, 5.41) is 1.24. The molecule has 1 aromatic carbocycles. The molecule has 0 amide bonds. The molecule has 1 fully saturated rings. The zero-order valence-corrected chi connectivity index (χ0v) is 14.7. The van der Waals surface area contributed by atoms with Crippen LogP contribution in [0.25, 0.3) is 10.9 Å². The monoisotopic (exact) mass is 327 g/mol. The Morgan fingerprint density at radius 2 is 2.04 bits per heavy atom. The van der Waals surface area contributed by atoms with Crippen LogP contribution in [0.2, 0.25) is 0 Å². The molecule has 0 bridgehead atoms. The van der Waals surface area contributed by atoms with Gasteiger partial charge in [-0.25, -0.2) is 4.98 Å². The van der Waals surface area contributed by atoms with Gasteiger partial charge in [0.15, 0.2) is 0 Å². The molecule has 0 aliphatic carbocycles. The third kappa shape index (κ3) is 3.88. The molecular formula is C19H25N3S. The molecule has 23 heavy (non-hydrogen) atoms. The van der Waals surface area contributed by atoms with Crippen LogP contribution in [0.4, 0.5) is 5.82 Å². The first-order valence-electron chi connectivity index (χ1n) is 8.54. The SMILES string of the molecule is Cc1cc(N2CCCC2)nc2ccc(CC(=S)CCCN)cc12. The molecule has 0 atom stereocenters. The number of aryl methyl sites for hydroxylation is 1. The van der Waals surface area contributed by atoms with Gasteiger partial charge in [0.2, 0.25) is 0 Å². The fourth-order valence-electron chi connectivity index (χ4n) is 3.26. The highest BCUT2D eigenvalue weighted by atomic mass is 32.1. The van der Waals surface area contributed by atoms with Crippen molar-refractivity contribution < 1.29 is 0 Å². The molecule has 0 radical (unpaired) electrons. The van der Waals surface area contributed by atoms with Gasteiger partial charge in [-0.15, -0.1) is 0 Å². The molecule has 2 N–H and O–H groups in total. The van der Waals surface area contributed by atoms with Crippen molar-refractivity contribution in [3.05, 3.63) is 35.4 Å². The molecule has 0 unspecified atom stereocenters. The molecule has 3 nitrogen and oxygen atoms in total. The second-order valence-corrected chi connectivity index (χ2v) is 7.03. The first-order valence-corrected chi connectivity index (χ1v) is 8.95. The number of aromatic nitrogens is 1. The van der Waals surface area contributed by atoms with E-state index in [1.54, 1.807) is 0 Å². The minimum Gasteiger partial charge on any atom is -0.357 e. The minimum atomic E-state index is 0.708. The Hall–Kier alpha value is -1.52. The highest BCUT2D eigenvalue weighted by molar-refractivity contribution is 7.80. The maximum absolute atomic E-state index is 5.56. The first-order chi connectivity index (χ1) is 11.2. The summed E-state index contributed by atoms with van der Waals surface area (Å²) in [6.45, 7) is 5.15. The van der Waals surface area contributed by atoms with Gasteiger partial charge in [0.1, 0.15) is 5.82 Å². The Bertz CT molecular complexity index is 705. The van der Waals surface area contributed by atoms with Crippen LogP contribution in [-0.2, 0) is 6.42 Å². The third-order valence-electron chi connectivity index (χ3n) is 4.56. The zero-order valence-electron chi connectivity index (χ0n) is 13.8.